The first-order valence-electron chi connectivity index (χ1n) is 12.3. The summed E-state index contributed by atoms with van der Waals surface area (Å²) in [5.74, 6) is 1.24. The average molecular weight is 515 g/mol. The van der Waals surface area contributed by atoms with Crippen LogP contribution in [0.1, 0.15) is 37.6 Å². The molecule has 10 heteroatoms. The number of anilines is 2. The first-order chi connectivity index (χ1) is 18.0. The molecule has 1 aromatic carbocycles. The van der Waals surface area contributed by atoms with E-state index in [-0.39, 0.29) is 0 Å². The summed E-state index contributed by atoms with van der Waals surface area (Å²) in [6.45, 7) is 7.55. The molecule has 1 N–H and O–H groups in total. The van der Waals surface area contributed by atoms with E-state index in [0.29, 0.717) is 18.0 Å². The van der Waals surface area contributed by atoms with Gasteiger partial charge in [-0.25, -0.2) is 4.98 Å². The van der Waals surface area contributed by atoms with Crippen LogP contribution in [-0.2, 0) is 25.3 Å². The van der Waals surface area contributed by atoms with Crippen molar-refractivity contribution in [2.45, 2.75) is 39.7 Å². The van der Waals surface area contributed by atoms with Crippen LogP contribution < -0.4 is 10.1 Å². The number of rotatable bonds is 5. The lowest BCUT2D eigenvalue weighted by atomic mass is 10.1. The molecule has 10 nitrogen and oxygen atoms in total. The van der Waals surface area contributed by atoms with E-state index in [1.54, 1.807) is 33.4 Å². The summed E-state index contributed by atoms with van der Waals surface area (Å²) in [5, 5.41) is 12.1. The van der Waals surface area contributed by atoms with E-state index in [1.807, 2.05) is 78.4 Å². The molecule has 0 fully saturated rings. The van der Waals surface area contributed by atoms with Gasteiger partial charge in [0.1, 0.15) is 17.2 Å². The number of aromatic nitrogens is 5. The number of pyridine rings is 1. The van der Waals surface area contributed by atoms with Crippen molar-refractivity contribution in [3.05, 3.63) is 65.9 Å². The maximum absolute atomic E-state index is 13.4. The molecular formula is C28H32N7O3+. The zero-order valence-electron chi connectivity index (χ0n) is 22.7. The highest BCUT2D eigenvalue weighted by Gasteiger charge is 2.40. The van der Waals surface area contributed by atoms with Crippen LogP contribution in [-0.4, -0.2) is 53.6 Å². The second kappa shape index (κ2) is 9.44. The highest BCUT2D eigenvalue weighted by atomic mass is 16.6. The predicted molar refractivity (Wildman–Crippen MR) is 145 cm³/mol. The quantitative estimate of drug-likeness (QED) is 0.378. The molecule has 1 aliphatic rings. The van der Waals surface area contributed by atoms with E-state index < -0.39 is 11.7 Å². The molecule has 0 saturated carbocycles. The lowest BCUT2D eigenvalue weighted by molar-refractivity contribution is -0.360. The first kappa shape index (κ1) is 25.2. The molecule has 1 amide bonds. The summed E-state index contributed by atoms with van der Waals surface area (Å²) in [6, 6.07) is 7.81. The van der Waals surface area contributed by atoms with Crippen molar-refractivity contribution in [1.29, 1.82) is 0 Å². The minimum atomic E-state index is -0.643. The Balaban J connectivity index is 1.51. The van der Waals surface area contributed by atoms with Crippen LogP contribution in [0.4, 0.5) is 22.0 Å². The van der Waals surface area contributed by atoms with Gasteiger partial charge in [0.2, 0.25) is 11.4 Å². The second-order valence-corrected chi connectivity index (χ2v) is 10.4. The van der Waals surface area contributed by atoms with E-state index in [2.05, 4.69) is 20.5 Å². The molecule has 0 radical (unpaired) electrons. The van der Waals surface area contributed by atoms with Gasteiger partial charge in [-0.05, 0) is 45.4 Å². The number of aryl methyl sites for hydroxylation is 3. The van der Waals surface area contributed by atoms with Crippen molar-refractivity contribution in [3.63, 3.8) is 0 Å². The molecule has 5 rings (SSSR count). The predicted octanol–water partition coefficient (Wildman–Crippen LogP) is 4.90. The number of ether oxygens (including phenoxy) is 2. The van der Waals surface area contributed by atoms with Gasteiger partial charge in [-0.3, -0.25) is 9.36 Å². The van der Waals surface area contributed by atoms with Gasteiger partial charge in [0.25, 0.3) is 0 Å². The van der Waals surface area contributed by atoms with Crippen LogP contribution >= 0.6 is 0 Å². The molecule has 4 aromatic rings. The number of carbonyl (C=O) groups is 1. The molecule has 3 aromatic heterocycles. The minimum Gasteiger partial charge on any atom is -0.495 e. The van der Waals surface area contributed by atoms with Crippen LogP contribution in [0, 0.1) is 6.92 Å². The maximum Gasteiger partial charge on any atom is 0.603 e. The molecule has 0 unspecified atom stereocenters. The maximum atomic E-state index is 13.4. The Labute approximate surface area is 221 Å². The number of amides is 1. The lowest BCUT2D eigenvalue weighted by Gasteiger charge is -2.16. The largest absolute Gasteiger partial charge is 0.603 e. The average Bonchev–Trinajstić information content (AvgIpc) is 3.54. The molecule has 196 valence electrons. The van der Waals surface area contributed by atoms with Gasteiger partial charge in [-0.2, -0.15) is 15.0 Å². The Morgan fingerprint density at radius 2 is 1.87 bits per heavy atom. The molecular weight excluding hydrogens is 482 g/mol. The number of fused-ring (bicyclic) bond motifs is 1. The van der Waals surface area contributed by atoms with E-state index in [1.165, 1.54) is 0 Å². The van der Waals surface area contributed by atoms with Gasteiger partial charge >= 0.3 is 6.09 Å². The Morgan fingerprint density at radius 1 is 1.08 bits per heavy atom. The zero-order chi connectivity index (χ0) is 27.2. The van der Waals surface area contributed by atoms with Gasteiger partial charge in [0, 0.05) is 38.2 Å². The third-order valence-electron chi connectivity index (χ3n) is 6.23. The number of nitrogens with zero attached hydrogens (tertiary/aromatic N) is 6. The summed E-state index contributed by atoms with van der Waals surface area (Å²) in [5.41, 5.74) is 6.40. The van der Waals surface area contributed by atoms with Gasteiger partial charge in [-0.1, -0.05) is 10.6 Å². The normalized spacial score (nSPS) is 13.0. The van der Waals surface area contributed by atoms with Crippen molar-refractivity contribution in [1.82, 2.24) is 24.5 Å². The molecule has 4 heterocycles. The third kappa shape index (κ3) is 4.89. The monoisotopic (exact) mass is 514 g/mol. The number of hydrogen-bond donors (Lipinski definition) is 1. The molecule has 1 aliphatic heterocycles. The zero-order valence-corrected chi connectivity index (χ0v) is 22.7. The fourth-order valence-corrected chi connectivity index (χ4v) is 4.59. The summed E-state index contributed by atoms with van der Waals surface area (Å²) in [7, 11) is 5.39. The van der Waals surface area contributed by atoms with Crippen molar-refractivity contribution < 1.29 is 18.8 Å². The molecule has 0 saturated heterocycles. The number of methoxy groups -OCH3 is 1. The van der Waals surface area contributed by atoms with Crippen molar-refractivity contribution in [2.24, 2.45) is 14.1 Å². The van der Waals surface area contributed by atoms with Crippen LogP contribution in [0.5, 0.6) is 5.75 Å². The number of nitrogens with one attached hydrogen (secondary N) is 1. The summed E-state index contributed by atoms with van der Waals surface area (Å²) in [6.07, 6.45) is 7.51. The van der Waals surface area contributed by atoms with Gasteiger partial charge in [0.05, 0.1) is 48.3 Å². The molecule has 38 heavy (non-hydrogen) atoms. The van der Waals surface area contributed by atoms with Gasteiger partial charge in [0.15, 0.2) is 0 Å². The van der Waals surface area contributed by atoms with Gasteiger partial charge in [-0.15, -0.1) is 0 Å². The fraction of sp³-hybridized carbons (Fsp3) is 0.321. The summed E-state index contributed by atoms with van der Waals surface area (Å²) in [4.78, 5) is 18.0. The van der Waals surface area contributed by atoms with Crippen molar-refractivity contribution in [2.75, 3.05) is 12.4 Å². The summed E-state index contributed by atoms with van der Waals surface area (Å²) >= 11 is 0. The van der Waals surface area contributed by atoms with Crippen LogP contribution in [0.3, 0.4) is 0 Å². The van der Waals surface area contributed by atoms with E-state index in [9.17, 15) is 4.79 Å². The van der Waals surface area contributed by atoms with Crippen molar-refractivity contribution in [3.8, 4) is 16.9 Å². The van der Waals surface area contributed by atoms with E-state index in [0.717, 1.165) is 45.0 Å². The minimum absolute atomic E-state index is 0.443. The fourth-order valence-electron chi connectivity index (χ4n) is 4.59. The highest BCUT2D eigenvalue weighted by molar-refractivity contribution is 6.03. The SMILES string of the molecule is COc1cc(-c2cn(C)nc2C)ccc1Nc1cc2c(cn1)CC(c1cnn(C)c1)=[N+]2C(=O)OC(C)(C)C. The topological polar surface area (TPSA) is 99.1 Å². The Kier molecular flexibility index (Phi) is 6.26. The Morgan fingerprint density at radius 3 is 2.50 bits per heavy atom. The Bertz CT molecular complexity index is 1570. The summed E-state index contributed by atoms with van der Waals surface area (Å²) < 4.78 is 16.6. The molecule has 0 spiro atoms. The first-order valence-corrected chi connectivity index (χ1v) is 12.3. The molecule has 0 bridgehead atoms. The molecule has 0 aliphatic carbocycles. The molecule has 0 atom stereocenters. The smallest absolute Gasteiger partial charge is 0.495 e. The third-order valence-corrected chi connectivity index (χ3v) is 6.23. The van der Waals surface area contributed by atoms with Crippen LogP contribution in [0.2, 0.25) is 0 Å². The number of benzene rings is 1. The van der Waals surface area contributed by atoms with E-state index >= 15 is 0 Å². The number of hydrogen-bond acceptors (Lipinski definition) is 7. The van der Waals surface area contributed by atoms with E-state index in [4.69, 9.17) is 9.47 Å². The van der Waals surface area contributed by atoms with Crippen LogP contribution in [0.25, 0.3) is 11.1 Å². The van der Waals surface area contributed by atoms with Crippen molar-refractivity contribution >= 4 is 29.0 Å². The van der Waals surface area contributed by atoms with Gasteiger partial charge < -0.3 is 14.8 Å². The lowest BCUT2D eigenvalue weighted by Crippen LogP contribution is -2.30. The highest BCUT2D eigenvalue weighted by Crippen LogP contribution is 2.36. The van der Waals surface area contributed by atoms with Crippen LogP contribution in [0.15, 0.2) is 49.1 Å². The second-order valence-electron chi connectivity index (χ2n) is 10.4. The number of carbonyl (C=O) groups excluding carboxylic acids is 1. The Hall–Kier alpha value is -4.47. The standard InChI is InChI=1S/C28H32N7O3/c1-17-21(16-34(6)32-17)18-8-9-22(25(11-18)37-7)31-26-12-24-19(13-29-26)10-23(20-14-30-33(5)15-20)35(24)27(36)38-28(2,3)4/h8-9,11-16H,10H2,1-7H3,(H,29,31)/q+1.